The lowest BCUT2D eigenvalue weighted by Crippen LogP contribution is -2.30. The van der Waals surface area contributed by atoms with Gasteiger partial charge >= 0.3 is 0 Å². The minimum Gasteiger partial charge on any atom is -0.506 e. The lowest BCUT2D eigenvalue weighted by Gasteiger charge is -2.27. The summed E-state index contributed by atoms with van der Waals surface area (Å²) >= 11 is 0. The van der Waals surface area contributed by atoms with E-state index < -0.39 is 0 Å². The number of aliphatic hydroxyl groups excluding tert-OH is 1. The SMILES string of the molecule is COc1cccc(-c2nc3c([nH]2)CN(Cc2c(CO)cnc(C)c2O)CC3)c1. The summed E-state index contributed by atoms with van der Waals surface area (Å²) < 4.78 is 5.31. The molecule has 0 spiro atoms. The molecule has 0 bridgehead atoms. The Balaban J connectivity index is 1.56. The fourth-order valence-corrected chi connectivity index (χ4v) is 3.61. The summed E-state index contributed by atoms with van der Waals surface area (Å²) in [5.41, 5.74) is 5.13. The first-order valence-corrected chi connectivity index (χ1v) is 9.30. The normalized spacial score (nSPS) is 14.1. The molecule has 3 aromatic rings. The minimum atomic E-state index is -0.140. The number of pyridine rings is 1. The molecule has 0 atom stereocenters. The van der Waals surface area contributed by atoms with Crippen LogP contribution in [0.25, 0.3) is 11.4 Å². The van der Waals surface area contributed by atoms with Crippen LogP contribution < -0.4 is 4.74 Å². The highest BCUT2D eigenvalue weighted by Crippen LogP contribution is 2.29. The van der Waals surface area contributed by atoms with E-state index in [4.69, 9.17) is 9.72 Å². The van der Waals surface area contributed by atoms with Gasteiger partial charge in [0.1, 0.15) is 17.3 Å². The van der Waals surface area contributed by atoms with Crippen molar-refractivity contribution in [2.45, 2.75) is 33.0 Å². The minimum absolute atomic E-state index is 0.140. The molecule has 28 heavy (non-hydrogen) atoms. The van der Waals surface area contributed by atoms with Crippen molar-refractivity contribution in [3.05, 3.63) is 58.7 Å². The van der Waals surface area contributed by atoms with Crippen molar-refractivity contribution < 1.29 is 14.9 Å². The Kier molecular flexibility index (Phi) is 5.02. The van der Waals surface area contributed by atoms with Crippen LogP contribution in [-0.4, -0.2) is 43.7 Å². The van der Waals surface area contributed by atoms with Gasteiger partial charge in [-0.05, 0) is 19.1 Å². The van der Waals surface area contributed by atoms with Crippen molar-refractivity contribution in [1.29, 1.82) is 0 Å². The van der Waals surface area contributed by atoms with Gasteiger partial charge in [0.25, 0.3) is 0 Å². The molecule has 1 aromatic carbocycles. The molecule has 2 aromatic heterocycles. The number of hydrogen-bond acceptors (Lipinski definition) is 6. The number of aromatic hydroxyl groups is 1. The van der Waals surface area contributed by atoms with Crippen molar-refractivity contribution in [2.24, 2.45) is 0 Å². The van der Waals surface area contributed by atoms with Gasteiger partial charge in [-0.1, -0.05) is 12.1 Å². The van der Waals surface area contributed by atoms with Crippen molar-refractivity contribution in [3.63, 3.8) is 0 Å². The summed E-state index contributed by atoms with van der Waals surface area (Å²) in [6, 6.07) is 7.84. The molecule has 7 heteroatoms. The van der Waals surface area contributed by atoms with E-state index in [2.05, 4.69) is 14.9 Å². The fraction of sp³-hybridized carbons (Fsp3) is 0.333. The van der Waals surface area contributed by atoms with Gasteiger partial charge in [-0.25, -0.2) is 4.98 Å². The zero-order valence-electron chi connectivity index (χ0n) is 16.1. The van der Waals surface area contributed by atoms with Gasteiger partial charge in [0, 0.05) is 48.9 Å². The zero-order chi connectivity index (χ0) is 19.7. The van der Waals surface area contributed by atoms with Crippen molar-refractivity contribution in [1.82, 2.24) is 19.9 Å². The monoisotopic (exact) mass is 380 g/mol. The second-order valence-electron chi connectivity index (χ2n) is 7.06. The summed E-state index contributed by atoms with van der Waals surface area (Å²) in [6.45, 7) is 3.72. The molecule has 0 fully saturated rings. The number of aromatic amines is 1. The topological polar surface area (TPSA) is 94.5 Å². The molecule has 1 aliphatic rings. The Bertz CT molecular complexity index is 999. The van der Waals surface area contributed by atoms with Gasteiger partial charge in [0.2, 0.25) is 0 Å². The van der Waals surface area contributed by atoms with Crippen LogP contribution in [-0.2, 0) is 26.1 Å². The number of hydrogen-bond donors (Lipinski definition) is 3. The van der Waals surface area contributed by atoms with Crippen molar-refractivity contribution >= 4 is 0 Å². The lowest BCUT2D eigenvalue weighted by atomic mass is 10.1. The van der Waals surface area contributed by atoms with Crippen LogP contribution in [0.3, 0.4) is 0 Å². The second-order valence-corrected chi connectivity index (χ2v) is 7.06. The summed E-state index contributed by atoms with van der Waals surface area (Å²) in [5.74, 6) is 1.80. The number of ether oxygens (including phenoxy) is 1. The van der Waals surface area contributed by atoms with E-state index in [9.17, 15) is 10.2 Å². The smallest absolute Gasteiger partial charge is 0.141 e. The highest BCUT2D eigenvalue weighted by molar-refractivity contribution is 5.58. The molecule has 0 aliphatic carbocycles. The zero-order valence-corrected chi connectivity index (χ0v) is 16.1. The number of imidazole rings is 1. The number of nitrogens with one attached hydrogen (secondary N) is 1. The first-order valence-electron chi connectivity index (χ1n) is 9.30. The summed E-state index contributed by atoms with van der Waals surface area (Å²) in [4.78, 5) is 14.6. The maximum Gasteiger partial charge on any atom is 0.141 e. The summed E-state index contributed by atoms with van der Waals surface area (Å²) in [6.07, 6.45) is 2.46. The van der Waals surface area contributed by atoms with Gasteiger partial charge in [-0.3, -0.25) is 9.88 Å². The highest BCUT2D eigenvalue weighted by atomic mass is 16.5. The number of benzene rings is 1. The molecular weight excluding hydrogens is 356 g/mol. The maximum absolute atomic E-state index is 10.4. The van der Waals surface area contributed by atoms with E-state index in [1.54, 1.807) is 20.2 Å². The molecule has 3 heterocycles. The van der Waals surface area contributed by atoms with E-state index in [-0.39, 0.29) is 12.4 Å². The first-order chi connectivity index (χ1) is 13.6. The van der Waals surface area contributed by atoms with Crippen LogP contribution in [0.4, 0.5) is 0 Å². The lowest BCUT2D eigenvalue weighted by molar-refractivity contribution is 0.231. The molecule has 0 unspecified atom stereocenters. The fourth-order valence-electron chi connectivity index (χ4n) is 3.61. The van der Waals surface area contributed by atoms with E-state index in [0.717, 1.165) is 47.1 Å². The highest BCUT2D eigenvalue weighted by Gasteiger charge is 2.23. The van der Waals surface area contributed by atoms with Crippen LogP contribution in [0.2, 0.25) is 0 Å². The van der Waals surface area contributed by atoms with E-state index in [1.165, 1.54) is 0 Å². The molecular formula is C21H24N4O3. The number of aryl methyl sites for hydroxylation is 1. The van der Waals surface area contributed by atoms with Crippen LogP contribution in [0, 0.1) is 6.92 Å². The average molecular weight is 380 g/mol. The predicted molar refractivity (Wildman–Crippen MR) is 105 cm³/mol. The van der Waals surface area contributed by atoms with E-state index in [1.807, 2.05) is 24.3 Å². The number of aromatic nitrogens is 3. The molecule has 0 saturated carbocycles. The standard InChI is InChI=1S/C21H24N4O3/c1-13-20(27)17(15(12-26)9-22-13)10-25-7-6-18-19(11-25)24-21(23-18)14-4-3-5-16(8-14)28-2/h3-5,8-9,26-27H,6-7,10-12H2,1-2H3,(H,23,24). The Morgan fingerprint density at radius 1 is 1.32 bits per heavy atom. The maximum atomic E-state index is 10.4. The Hall–Kier alpha value is -2.90. The summed E-state index contributed by atoms with van der Waals surface area (Å²) in [5, 5.41) is 20.0. The van der Waals surface area contributed by atoms with Crippen molar-refractivity contribution in [3.8, 4) is 22.9 Å². The average Bonchev–Trinajstić information content (AvgIpc) is 3.15. The molecule has 3 N–H and O–H groups in total. The van der Waals surface area contributed by atoms with Crippen LogP contribution >= 0.6 is 0 Å². The number of nitrogens with zero attached hydrogens (tertiary/aromatic N) is 3. The number of rotatable bonds is 5. The third kappa shape index (κ3) is 3.46. The predicted octanol–water partition coefficient (Wildman–Crippen LogP) is 2.54. The molecule has 0 amide bonds. The van der Waals surface area contributed by atoms with Gasteiger partial charge in [0.15, 0.2) is 0 Å². The number of fused-ring (bicyclic) bond motifs is 1. The van der Waals surface area contributed by atoms with Gasteiger partial charge in [0.05, 0.1) is 30.8 Å². The van der Waals surface area contributed by atoms with Crippen molar-refractivity contribution in [2.75, 3.05) is 13.7 Å². The van der Waals surface area contributed by atoms with Crippen LogP contribution in [0.1, 0.15) is 28.2 Å². The van der Waals surface area contributed by atoms with Gasteiger partial charge < -0.3 is 19.9 Å². The van der Waals surface area contributed by atoms with Crippen LogP contribution in [0.15, 0.2) is 30.5 Å². The Labute approximate surface area is 163 Å². The van der Waals surface area contributed by atoms with Gasteiger partial charge in [-0.15, -0.1) is 0 Å². The number of H-pyrrole nitrogens is 1. The number of aliphatic hydroxyl groups is 1. The molecule has 0 radical (unpaired) electrons. The third-order valence-corrected chi connectivity index (χ3v) is 5.24. The Morgan fingerprint density at radius 2 is 2.18 bits per heavy atom. The van der Waals surface area contributed by atoms with E-state index in [0.29, 0.717) is 24.3 Å². The summed E-state index contributed by atoms with van der Waals surface area (Å²) in [7, 11) is 1.65. The molecule has 4 rings (SSSR count). The quantitative estimate of drug-likeness (QED) is 0.630. The first kappa shape index (κ1) is 18.5. The largest absolute Gasteiger partial charge is 0.506 e. The van der Waals surface area contributed by atoms with Crippen LogP contribution in [0.5, 0.6) is 11.5 Å². The molecule has 7 nitrogen and oxygen atoms in total. The molecule has 0 saturated heterocycles. The molecule has 146 valence electrons. The molecule has 1 aliphatic heterocycles. The van der Waals surface area contributed by atoms with E-state index >= 15 is 0 Å². The second kappa shape index (κ2) is 7.61. The number of methoxy groups -OCH3 is 1. The Morgan fingerprint density at radius 3 is 2.96 bits per heavy atom. The third-order valence-electron chi connectivity index (χ3n) is 5.24. The van der Waals surface area contributed by atoms with Gasteiger partial charge in [-0.2, -0.15) is 0 Å².